The Labute approximate surface area is 136 Å². The summed E-state index contributed by atoms with van der Waals surface area (Å²) in [6, 6.07) is 14.9. The van der Waals surface area contributed by atoms with Crippen molar-refractivity contribution in [3.8, 4) is 0 Å². The molecule has 3 rings (SSSR count). The second-order valence-corrected chi connectivity index (χ2v) is 6.33. The number of hydrogen-bond acceptors (Lipinski definition) is 2. The molecule has 3 aromatic rings. The van der Waals surface area contributed by atoms with Crippen molar-refractivity contribution in [3.05, 3.63) is 59.2 Å². The molecule has 0 radical (unpaired) electrons. The van der Waals surface area contributed by atoms with Crippen LogP contribution in [-0.2, 0) is 13.6 Å². The van der Waals surface area contributed by atoms with Gasteiger partial charge in [-0.05, 0) is 49.7 Å². The molecule has 0 atom stereocenters. The molecule has 0 N–H and O–H groups in total. The molecule has 22 heavy (non-hydrogen) atoms. The lowest BCUT2D eigenvalue weighted by Crippen LogP contribution is -2.30. The number of hydrogen-bond donors (Lipinski definition) is 0. The molecule has 0 unspecified atom stereocenters. The minimum Gasteiger partial charge on any atom is -0.365 e. The zero-order chi connectivity index (χ0) is 15.7. The van der Waals surface area contributed by atoms with Gasteiger partial charge in [-0.2, -0.15) is 5.10 Å². The second kappa shape index (κ2) is 6.01. The Hall–Kier alpha value is -2.00. The number of anilines is 1. The lowest BCUT2D eigenvalue weighted by molar-refractivity contribution is 0.683. The molecule has 114 valence electrons. The van der Waals surface area contributed by atoms with Crippen LogP contribution in [0, 0.1) is 0 Å². The van der Waals surface area contributed by atoms with E-state index in [4.69, 9.17) is 11.6 Å². The van der Waals surface area contributed by atoms with E-state index in [9.17, 15) is 0 Å². The maximum atomic E-state index is 5.97. The summed E-state index contributed by atoms with van der Waals surface area (Å²) in [5.74, 6) is 0. The fourth-order valence-corrected chi connectivity index (χ4v) is 2.80. The molecule has 0 amide bonds. The van der Waals surface area contributed by atoms with Crippen LogP contribution in [0.5, 0.6) is 0 Å². The third kappa shape index (κ3) is 3.09. The number of nitrogens with zero attached hydrogens (tertiary/aromatic N) is 3. The van der Waals surface area contributed by atoms with Crippen LogP contribution >= 0.6 is 11.6 Å². The highest BCUT2D eigenvalue weighted by molar-refractivity contribution is 6.30. The van der Waals surface area contributed by atoms with Gasteiger partial charge in [0.2, 0.25) is 0 Å². The van der Waals surface area contributed by atoms with Crippen molar-refractivity contribution in [1.29, 1.82) is 0 Å². The zero-order valence-electron chi connectivity index (χ0n) is 13.1. The van der Waals surface area contributed by atoms with E-state index in [1.165, 1.54) is 16.6 Å². The summed E-state index contributed by atoms with van der Waals surface area (Å²) >= 11 is 5.97. The van der Waals surface area contributed by atoms with Gasteiger partial charge in [0, 0.05) is 41.9 Å². The van der Waals surface area contributed by atoms with E-state index in [1.54, 1.807) is 0 Å². The molecule has 1 aromatic heterocycles. The maximum Gasteiger partial charge on any atom is 0.0924 e. The Balaban J connectivity index is 1.93. The molecular formula is C18H20ClN3. The minimum atomic E-state index is 0.407. The molecule has 1 heterocycles. The van der Waals surface area contributed by atoms with Gasteiger partial charge in [-0.15, -0.1) is 0 Å². The summed E-state index contributed by atoms with van der Waals surface area (Å²) in [5.41, 5.74) is 3.50. The molecule has 0 saturated heterocycles. The number of benzene rings is 2. The van der Waals surface area contributed by atoms with E-state index < -0.39 is 0 Å². The Morgan fingerprint density at radius 1 is 1.14 bits per heavy atom. The fourth-order valence-electron chi connectivity index (χ4n) is 2.67. The van der Waals surface area contributed by atoms with Crippen molar-refractivity contribution in [2.24, 2.45) is 7.05 Å². The average Bonchev–Trinajstić information content (AvgIpc) is 2.85. The first-order valence-electron chi connectivity index (χ1n) is 7.47. The highest BCUT2D eigenvalue weighted by Crippen LogP contribution is 2.25. The number of aromatic nitrogens is 2. The molecule has 0 bridgehead atoms. The first-order valence-corrected chi connectivity index (χ1v) is 7.85. The van der Waals surface area contributed by atoms with Gasteiger partial charge in [0.1, 0.15) is 0 Å². The van der Waals surface area contributed by atoms with Crippen LogP contribution in [0.25, 0.3) is 10.9 Å². The van der Waals surface area contributed by atoms with Crippen molar-refractivity contribution in [2.45, 2.75) is 26.4 Å². The van der Waals surface area contributed by atoms with Crippen LogP contribution < -0.4 is 4.90 Å². The summed E-state index contributed by atoms with van der Waals surface area (Å²) in [6.07, 6.45) is 2.06. The van der Waals surface area contributed by atoms with Crippen molar-refractivity contribution < 1.29 is 0 Å². The Kier molecular flexibility index (Phi) is 4.08. The number of fused-ring (bicyclic) bond motifs is 1. The van der Waals surface area contributed by atoms with Crippen molar-refractivity contribution in [2.75, 3.05) is 4.90 Å². The fraction of sp³-hybridized carbons (Fsp3) is 0.278. The van der Waals surface area contributed by atoms with E-state index in [2.05, 4.69) is 60.4 Å². The van der Waals surface area contributed by atoms with Gasteiger partial charge in [0.05, 0.1) is 5.52 Å². The SMILES string of the molecule is CC(C)N(Cc1ccc(Cl)cc1)c1ccc2nn(C)cc2c1. The molecule has 4 heteroatoms. The van der Waals surface area contributed by atoms with E-state index in [-0.39, 0.29) is 0 Å². The van der Waals surface area contributed by atoms with E-state index in [0.29, 0.717) is 6.04 Å². The largest absolute Gasteiger partial charge is 0.365 e. The van der Waals surface area contributed by atoms with Crippen LogP contribution in [0.2, 0.25) is 5.02 Å². The van der Waals surface area contributed by atoms with Gasteiger partial charge in [0.25, 0.3) is 0 Å². The lowest BCUT2D eigenvalue weighted by atomic mass is 10.1. The minimum absolute atomic E-state index is 0.407. The van der Waals surface area contributed by atoms with Crippen LogP contribution in [0.1, 0.15) is 19.4 Å². The first kappa shape index (κ1) is 14.9. The predicted octanol–water partition coefficient (Wildman–Crippen LogP) is 4.64. The third-order valence-electron chi connectivity index (χ3n) is 3.82. The molecule has 0 saturated carbocycles. The highest BCUT2D eigenvalue weighted by Gasteiger charge is 2.12. The Morgan fingerprint density at radius 2 is 1.86 bits per heavy atom. The van der Waals surface area contributed by atoms with E-state index in [1.807, 2.05) is 23.9 Å². The average molecular weight is 314 g/mol. The summed E-state index contributed by atoms with van der Waals surface area (Å²) in [5, 5.41) is 6.38. The summed E-state index contributed by atoms with van der Waals surface area (Å²) in [4.78, 5) is 2.38. The molecule has 3 nitrogen and oxygen atoms in total. The Morgan fingerprint density at radius 3 is 2.55 bits per heavy atom. The van der Waals surface area contributed by atoms with Gasteiger partial charge in [-0.25, -0.2) is 0 Å². The monoisotopic (exact) mass is 313 g/mol. The van der Waals surface area contributed by atoms with Crippen LogP contribution in [-0.4, -0.2) is 15.8 Å². The summed E-state index contributed by atoms with van der Waals surface area (Å²) in [7, 11) is 1.95. The topological polar surface area (TPSA) is 21.1 Å². The molecular weight excluding hydrogens is 294 g/mol. The van der Waals surface area contributed by atoms with Crippen molar-refractivity contribution in [3.63, 3.8) is 0 Å². The van der Waals surface area contributed by atoms with Gasteiger partial charge in [-0.3, -0.25) is 4.68 Å². The van der Waals surface area contributed by atoms with Crippen molar-refractivity contribution >= 4 is 28.2 Å². The van der Waals surface area contributed by atoms with Gasteiger partial charge in [0.15, 0.2) is 0 Å². The quantitative estimate of drug-likeness (QED) is 0.699. The van der Waals surface area contributed by atoms with E-state index >= 15 is 0 Å². The van der Waals surface area contributed by atoms with Crippen LogP contribution in [0.4, 0.5) is 5.69 Å². The number of rotatable bonds is 4. The molecule has 2 aromatic carbocycles. The van der Waals surface area contributed by atoms with Gasteiger partial charge in [-0.1, -0.05) is 23.7 Å². The normalized spacial score (nSPS) is 11.3. The van der Waals surface area contributed by atoms with Crippen LogP contribution in [0.3, 0.4) is 0 Å². The zero-order valence-corrected chi connectivity index (χ0v) is 13.9. The first-order chi connectivity index (χ1) is 10.5. The van der Waals surface area contributed by atoms with Gasteiger partial charge < -0.3 is 4.90 Å². The molecule has 0 aliphatic rings. The van der Waals surface area contributed by atoms with Gasteiger partial charge >= 0.3 is 0 Å². The Bertz CT molecular complexity index is 775. The molecule has 0 fully saturated rings. The number of aryl methyl sites for hydroxylation is 1. The standard InChI is InChI=1S/C18H20ClN3/c1-13(2)22(11-14-4-6-16(19)7-5-14)17-8-9-18-15(10-17)12-21(3)20-18/h4-10,12-13H,11H2,1-3H3. The summed E-state index contributed by atoms with van der Waals surface area (Å²) < 4.78 is 1.85. The molecule has 0 aliphatic carbocycles. The van der Waals surface area contributed by atoms with Crippen molar-refractivity contribution in [1.82, 2.24) is 9.78 Å². The van der Waals surface area contributed by atoms with E-state index in [0.717, 1.165) is 17.1 Å². The number of halogens is 1. The maximum absolute atomic E-state index is 5.97. The third-order valence-corrected chi connectivity index (χ3v) is 4.08. The smallest absolute Gasteiger partial charge is 0.0924 e. The molecule has 0 aliphatic heterocycles. The highest BCUT2D eigenvalue weighted by atomic mass is 35.5. The molecule has 0 spiro atoms. The van der Waals surface area contributed by atoms with Crippen LogP contribution in [0.15, 0.2) is 48.7 Å². The second-order valence-electron chi connectivity index (χ2n) is 5.89. The predicted molar refractivity (Wildman–Crippen MR) is 93.5 cm³/mol. The summed E-state index contributed by atoms with van der Waals surface area (Å²) in [6.45, 7) is 5.29. The lowest BCUT2D eigenvalue weighted by Gasteiger charge is -2.29.